The van der Waals surface area contributed by atoms with Crippen molar-refractivity contribution in [2.24, 2.45) is 0 Å². The topological polar surface area (TPSA) is 80.4 Å². The Morgan fingerprint density at radius 1 is 1.00 bits per heavy atom. The molecule has 0 unspecified atom stereocenters. The van der Waals surface area contributed by atoms with E-state index in [9.17, 15) is 9.59 Å². The first-order valence-electron chi connectivity index (χ1n) is 9.85. The number of H-pyrrole nitrogens is 1. The van der Waals surface area contributed by atoms with Gasteiger partial charge in [0.1, 0.15) is 5.75 Å². The lowest BCUT2D eigenvalue weighted by molar-refractivity contribution is -0.148. The predicted octanol–water partition coefficient (Wildman–Crippen LogP) is 3.40. The van der Waals surface area contributed by atoms with Gasteiger partial charge in [0.15, 0.2) is 6.61 Å². The van der Waals surface area contributed by atoms with Crippen LogP contribution in [-0.2, 0) is 27.2 Å². The number of ether oxygens (including phenoxy) is 2. The van der Waals surface area contributed by atoms with E-state index in [0.29, 0.717) is 26.0 Å². The molecule has 0 atom stereocenters. The third-order valence-electron chi connectivity index (χ3n) is 4.63. The molecular formula is C23H26N2O4. The van der Waals surface area contributed by atoms with Crippen LogP contribution in [0.4, 0.5) is 0 Å². The van der Waals surface area contributed by atoms with Crippen LogP contribution >= 0.6 is 0 Å². The van der Waals surface area contributed by atoms with Crippen LogP contribution in [0, 0.1) is 0 Å². The Bertz CT molecular complexity index is 964. The van der Waals surface area contributed by atoms with E-state index in [4.69, 9.17) is 9.47 Å². The molecule has 2 N–H and O–H groups in total. The van der Waals surface area contributed by atoms with Crippen LogP contribution in [0.3, 0.4) is 0 Å². The first-order chi connectivity index (χ1) is 14.2. The Balaban J connectivity index is 1.36. The molecule has 1 amide bonds. The first kappa shape index (κ1) is 20.5. The normalized spacial score (nSPS) is 10.7. The number of hydrogen-bond donors (Lipinski definition) is 2. The summed E-state index contributed by atoms with van der Waals surface area (Å²) in [5.41, 5.74) is 3.18. The number of nitrogens with one attached hydrogen (secondary N) is 2. The molecule has 0 radical (unpaired) electrons. The smallest absolute Gasteiger partial charge is 0.306 e. The van der Waals surface area contributed by atoms with Gasteiger partial charge < -0.3 is 19.8 Å². The second kappa shape index (κ2) is 10.3. The van der Waals surface area contributed by atoms with Crippen molar-refractivity contribution < 1.29 is 19.1 Å². The second-order valence-electron chi connectivity index (χ2n) is 6.66. The minimum atomic E-state index is -0.400. The Kier molecular flexibility index (Phi) is 7.28. The van der Waals surface area contributed by atoms with E-state index in [1.54, 1.807) is 0 Å². The maximum atomic E-state index is 11.9. The third kappa shape index (κ3) is 5.85. The summed E-state index contributed by atoms with van der Waals surface area (Å²) in [6.07, 6.45) is 3.37. The molecule has 0 aliphatic carbocycles. The zero-order valence-corrected chi connectivity index (χ0v) is 16.6. The molecule has 152 valence electrons. The van der Waals surface area contributed by atoms with Crippen molar-refractivity contribution in [2.75, 3.05) is 19.8 Å². The van der Waals surface area contributed by atoms with Crippen molar-refractivity contribution >= 4 is 22.8 Å². The summed E-state index contributed by atoms with van der Waals surface area (Å²) < 4.78 is 10.6. The maximum Gasteiger partial charge on any atom is 0.306 e. The zero-order chi connectivity index (χ0) is 20.5. The number of rotatable bonds is 10. The van der Waals surface area contributed by atoms with E-state index in [1.807, 2.05) is 55.6 Å². The fraction of sp³-hybridized carbons (Fsp3) is 0.304. The van der Waals surface area contributed by atoms with Gasteiger partial charge in [-0.25, -0.2) is 0 Å². The molecule has 0 aliphatic rings. The molecule has 0 bridgehead atoms. The fourth-order valence-electron chi connectivity index (χ4n) is 3.19. The zero-order valence-electron chi connectivity index (χ0n) is 16.6. The molecule has 0 saturated heterocycles. The molecular weight excluding hydrogens is 368 g/mol. The van der Waals surface area contributed by atoms with Gasteiger partial charge in [0.2, 0.25) is 0 Å². The Morgan fingerprint density at radius 2 is 1.79 bits per heavy atom. The molecule has 6 nitrogen and oxygen atoms in total. The van der Waals surface area contributed by atoms with E-state index in [2.05, 4.69) is 16.4 Å². The highest BCUT2D eigenvalue weighted by molar-refractivity contribution is 5.83. The number of hydrogen-bond acceptors (Lipinski definition) is 4. The number of aromatic amines is 1. The molecule has 2 aromatic carbocycles. The maximum absolute atomic E-state index is 11.9. The second-order valence-corrected chi connectivity index (χ2v) is 6.66. The number of esters is 1. The summed E-state index contributed by atoms with van der Waals surface area (Å²) in [6, 6.07) is 15.6. The Morgan fingerprint density at radius 3 is 2.66 bits per heavy atom. The lowest BCUT2D eigenvalue weighted by atomic mass is 10.1. The molecule has 0 aliphatic heterocycles. The molecule has 0 fully saturated rings. The molecule has 29 heavy (non-hydrogen) atoms. The van der Waals surface area contributed by atoms with Crippen molar-refractivity contribution in [3.8, 4) is 5.75 Å². The molecule has 3 rings (SSSR count). The van der Waals surface area contributed by atoms with Gasteiger partial charge in [-0.2, -0.15) is 0 Å². The highest BCUT2D eigenvalue weighted by atomic mass is 16.5. The van der Waals surface area contributed by atoms with Gasteiger partial charge in [0.25, 0.3) is 5.91 Å². The number of carbonyl (C=O) groups is 2. The SMILES string of the molecule is CCOc1ccccc1CCC(=O)OCC(=O)NCCc1c[nH]c2ccccc12. The van der Waals surface area contributed by atoms with Crippen LogP contribution < -0.4 is 10.1 Å². The molecule has 3 aromatic rings. The van der Waals surface area contributed by atoms with E-state index in [-0.39, 0.29) is 18.9 Å². The standard InChI is InChI=1S/C23H26N2O4/c1-2-28-21-10-6-3-7-17(21)11-12-23(27)29-16-22(26)24-14-13-18-15-25-20-9-5-4-8-19(18)20/h3-10,15,25H,2,11-14,16H2,1H3,(H,24,26). The van der Waals surface area contributed by atoms with Crippen molar-refractivity contribution in [1.82, 2.24) is 10.3 Å². The van der Waals surface area contributed by atoms with E-state index < -0.39 is 5.97 Å². The van der Waals surface area contributed by atoms with Gasteiger partial charge >= 0.3 is 5.97 Å². The molecule has 0 spiro atoms. The van der Waals surface area contributed by atoms with Gasteiger partial charge in [-0.3, -0.25) is 9.59 Å². The summed E-state index contributed by atoms with van der Waals surface area (Å²) in [5.74, 6) is 0.0776. The van der Waals surface area contributed by atoms with Crippen molar-refractivity contribution in [2.45, 2.75) is 26.2 Å². The van der Waals surface area contributed by atoms with Crippen LogP contribution in [0.2, 0.25) is 0 Å². The number of aryl methyl sites for hydroxylation is 1. The Hall–Kier alpha value is -3.28. The quantitative estimate of drug-likeness (QED) is 0.517. The van der Waals surface area contributed by atoms with Crippen molar-refractivity contribution in [3.05, 3.63) is 65.9 Å². The van der Waals surface area contributed by atoms with Gasteiger partial charge in [-0.05, 0) is 43.0 Å². The predicted molar refractivity (Wildman–Crippen MR) is 112 cm³/mol. The average molecular weight is 394 g/mol. The number of para-hydroxylation sites is 2. The molecule has 1 heterocycles. The van der Waals surface area contributed by atoms with Crippen LogP contribution in [0.1, 0.15) is 24.5 Å². The summed E-state index contributed by atoms with van der Waals surface area (Å²) in [7, 11) is 0. The Labute approximate surface area is 170 Å². The van der Waals surface area contributed by atoms with E-state index in [0.717, 1.165) is 27.8 Å². The van der Waals surface area contributed by atoms with Gasteiger partial charge in [0.05, 0.1) is 6.61 Å². The monoisotopic (exact) mass is 394 g/mol. The summed E-state index contributed by atoms with van der Waals surface area (Å²) in [4.78, 5) is 27.1. The molecule has 0 saturated carbocycles. The van der Waals surface area contributed by atoms with Crippen LogP contribution in [0.5, 0.6) is 5.75 Å². The van der Waals surface area contributed by atoms with Crippen molar-refractivity contribution in [1.29, 1.82) is 0 Å². The highest BCUT2D eigenvalue weighted by Crippen LogP contribution is 2.20. The number of benzene rings is 2. The lowest BCUT2D eigenvalue weighted by Crippen LogP contribution is -2.30. The fourth-order valence-corrected chi connectivity index (χ4v) is 3.19. The largest absolute Gasteiger partial charge is 0.494 e. The average Bonchev–Trinajstić information content (AvgIpc) is 3.15. The van der Waals surface area contributed by atoms with E-state index >= 15 is 0 Å². The highest BCUT2D eigenvalue weighted by Gasteiger charge is 2.10. The minimum Gasteiger partial charge on any atom is -0.494 e. The number of carbonyl (C=O) groups excluding carboxylic acids is 2. The molecule has 1 aromatic heterocycles. The molecule has 6 heteroatoms. The van der Waals surface area contributed by atoms with Gasteiger partial charge in [-0.1, -0.05) is 36.4 Å². The van der Waals surface area contributed by atoms with Crippen LogP contribution in [0.25, 0.3) is 10.9 Å². The number of fused-ring (bicyclic) bond motifs is 1. The summed E-state index contributed by atoms with van der Waals surface area (Å²) in [6.45, 7) is 2.71. The lowest BCUT2D eigenvalue weighted by Gasteiger charge is -2.10. The van der Waals surface area contributed by atoms with Gasteiger partial charge in [0, 0.05) is 30.1 Å². The first-order valence-corrected chi connectivity index (χ1v) is 9.85. The third-order valence-corrected chi connectivity index (χ3v) is 4.63. The van der Waals surface area contributed by atoms with E-state index in [1.165, 1.54) is 0 Å². The summed E-state index contributed by atoms with van der Waals surface area (Å²) >= 11 is 0. The van der Waals surface area contributed by atoms with Crippen molar-refractivity contribution in [3.63, 3.8) is 0 Å². The minimum absolute atomic E-state index is 0.201. The van der Waals surface area contributed by atoms with Crippen LogP contribution in [-0.4, -0.2) is 36.6 Å². The number of aromatic nitrogens is 1. The number of amides is 1. The summed E-state index contributed by atoms with van der Waals surface area (Å²) in [5, 5.41) is 3.94. The van der Waals surface area contributed by atoms with Crippen LogP contribution in [0.15, 0.2) is 54.7 Å². The van der Waals surface area contributed by atoms with Gasteiger partial charge in [-0.15, -0.1) is 0 Å².